The second-order valence-electron chi connectivity index (χ2n) is 5.05. The highest BCUT2D eigenvalue weighted by molar-refractivity contribution is 7.12. The Kier molecular flexibility index (Phi) is 2.88. The molecule has 23 heavy (non-hydrogen) atoms. The Morgan fingerprint density at radius 2 is 2.00 bits per heavy atom. The molecule has 1 unspecified atom stereocenters. The largest absolute Gasteiger partial charge is 0.454 e. The standard InChI is InChI=1S/C15H10N2O5S/c16-15(20)17-8-5-10-9(21-6-22-10)4-7(8)12(14(17)19)13(18)11-2-1-3-23-11/h1-5,12H,6H2,(H2,16,20). The Morgan fingerprint density at radius 3 is 2.65 bits per heavy atom. The molecule has 8 heteroatoms. The number of imide groups is 1. The van der Waals surface area contributed by atoms with E-state index in [9.17, 15) is 14.4 Å². The molecule has 0 spiro atoms. The highest BCUT2D eigenvalue weighted by Crippen LogP contribution is 2.46. The zero-order valence-corrected chi connectivity index (χ0v) is 12.5. The van der Waals surface area contributed by atoms with Crippen LogP contribution in [0.1, 0.15) is 21.2 Å². The first kappa shape index (κ1) is 13.8. The summed E-state index contributed by atoms with van der Waals surface area (Å²) in [4.78, 5) is 38.2. The first-order valence-electron chi connectivity index (χ1n) is 6.72. The van der Waals surface area contributed by atoms with Crippen LogP contribution in [0.25, 0.3) is 0 Å². The molecule has 7 nitrogen and oxygen atoms in total. The van der Waals surface area contributed by atoms with Crippen molar-refractivity contribution in [3.63, 3.8) is 0 Å². The van der Waals surface area contributed by atoms with E-state index in [0.29, 0.717) is 21.9 Å². The van der Waals surface area contributed by atoms with Crippen LogP contribution in [0, 0.1) is 0 Å². The second-order valence-corrected chi connectivity index (χ2v) is 6.00. The smallest absolute Gasteiger partial charge is 0.326 e. The van der Waals surface area contributed by atoms with Gasteiger partial charge in [0.25, 0.3) is 5.91 Å². The molecule has 0 saturated carbocycles. The third kappa shape index (κ3) is 1.92. The molecule has 3 amide bonds. The SMILES string of the molecule is NC(=O)N1C(=O)C(C(=O)c2cccs2)c2cc3c(cc21)OCO3. The van der Waals surface area contributed by atoms with Gasteiger partial charge in [-0.1, -0.05) is 6.07 Å². The second kappa shape index (κ2) is 4.82. The molecule has 2 aromatic rings. The minimum Gasteiger partial charge on any atom is -0.454 e. The molecule has 3 heterocycles. The van der Waals surface area contributed by atoms with Crippen LogP contribution in [0.2, 0.25) is 0 Å². The van der Waals surface area contributed by atoms with E-state index in [1.165, 1.54) is 17.4 Å². The zero-order chi connectivity index (χ0) is 16.1. The lowest BCUT2D eigenvalue weighted by Gasteiger charge is -2.12. The predicted octanol–water partition coefficient (Wildman–Crippen LogP) is 1.87. The molecule has 0 radical (unpaired) electrons. The van der Waals surface area contributed by atoms with Crippen molar-refractivity contribution < 1.29 is 23.9 Å². The number of amides is 3. The summed E-state index contributed by atoms with van der Waals surface area (Å²) in [6.45, 7) is 0.0479. The summed E-state index contributed by atoms with van der Waals surface area (Å²) >= 11 is 1.24. The van der Waals surface area contributed by atoms with Gasteiger partial charge in [-0.25, -0.2) is 9.69 Å². The van der Waals surface area contributed by atoms with Crippen molar-refractivity contribution in [2.45, 2.75) is 5.92 Å². The molecule has 0 aliphatic carbocycles. The Morgan fingerprint density at radius 1 is 1.26 bits per heavy atom. The summed E-state index contributed by atoms with van der Waals surface area (Å²) in [5, 5.41) is 1.75. The number of carbonyl (C=O) groups is 3. The average Bonchev–Trinajstić information content (AvgIpc) is 3.22. The van der Waals surface area contributed by atoms with E-state index in [4.69, 9.17) is 15.2 Å². The van der Waals surface area contributed by atoms with Crippen LogP contribution in [0.3, 0.4) is 0 Å². The van der Waals surface area contributed by atoms with Gasteiger partial charge in [-0.15, -0.1) is 11.3 Å². The monoisotopic (exact) mass is 330 g/mol. The van der Waals surface area contributed by atoms with Crippen LogP contribution in [0.15, 0.2) is 29.6 Å². The van der Waals surface area contributed by atoms with Gasteiger partial charge in [0.15, 0.2) is 17.3 Å². The van der Waals surface area contributed by atoms with Crippen LogP contribution in [-0.2, 0) is 4.79 Å². The molecule has 0 bridgehead atoms. The van der Waals surface area contributed by atoms with E-state index in [-0.39, 0.29) is 18.3 Å². The van der Waals surface area contributed by atoms with E-state index >= 15 is 0 Å². The van der Waals surface area contributed by atoms with Crippen molar-refractivity contribution in [3.05, 3.63) is 40.1 Å². The van der Waals surface area contributed by atoms with E-state index in [0.717, 1.165) is 4.90 Å². The fraction of sp³-hybridized carbons (Fsp3) is 0.133. The predicted molar refractivity (Wildman–Crippen MR) is 81.0 cm³/mol. The van der Waals surface area contributed by atoms with Crippen LogP contribution < -0.4 is 20.1 Å². The first-order chi connectivity index (χ1) is 11.1. The lowest BCUT2D eigenvalue weighted by Crippen LogP contribution is -2.40. The number of benzene rings is 1. The normalized spacial score (nSPS) is 18.2. The van der Waals surface area contributed by atoms with Gasteiger partial charge in [0, 0.05) is 11.6 Å². The fourth-order valence-electron chi connectivity index (χ4n) is 2.79. The molecular formula is C15H10N2O5S. The molecular weight excluding hydrogens is 320 g/mol. The molecule has 1 aromatic carbocycles. The van der Waals surface area contributed by atoms with Crippen LogP contribution in [0.4, 0.5) is 10.5 Å². The van der Waals surface area contributed by atoms with Crippen LogP contribution >= 0.6 is 11.3 Å². The summed E-state index contributed by atoms with van der Waals surface area (Å²) in [7, 11) is 0. The maximum atomic E-state index is 12.7. The van der Waals surface area contributed by atoms with Crippen molar-refractivity contribution in [2.75, 3.05) is 11.7 Å². The summed E-state index contributed by atoms with van der Waals surface area (Å²) in [6, 6.07) is 5.50. The van der Waals surface area contributed by atoms with Gasteiger partial charge < -0.3 is 15.2 Å². The summed E-state index contributed by atoms with van der Waals surface area (Å²) in [6.07, 6.45) is 0. The molecule has 1 aromatic heterocycles. The maximum Gasteiger partial charge on any atom is 0.326 e. The third-order valence-corrected chi connectivity index (χ3v) is 4.67. The van der Waals surface area contributed by atoms with Crippen molar-refractivity contribution in [2.24, 2.45) is 5.73 Å². The number of primary amides is 1. The maximum absolute atomic E-state index is 12.7. The van der Waals surface area contributed by atoms with Crippen molar-refractivity contribution in [1.29, 1.82) is 0 Å². The molecule has 4 rings (SSSR count). The zero-order valence-electron chi connectivity index (χ0n) is 11.6. The quantitative estimate of drug-likeness (QED) is 0.669. The van der Waals surface area contributed by atoms with Gasteiger partial charge >= 0.3 is 6.03 Å². The van der Waals surface area contributed by atoms with Crippen molar-refractivity contribution in [3.8, 4) is 11.5 Å². The molecule has 1 atom stereocenters. The molecule has 0 saturated heterocycles. The van der Waals surface area contributed by atoms with Crippen molar-refractivity contribution in [1.82, 2.24) is 0 Å². The molecule has 116 valence electrons. The lowest BCUT2D eigenvalue weighted by molar-refractivity contribution is -0.117. The van der Waals surface area contributed by atoms with Gasteiger partial charge in [-0.05, 0) is 17.5 Å². The summed E-state index contributed by atoms with van der Waals surface area (Å²) < 4.78 is 10.6. The topological polar surface area (TPSA) is 98.9 Å². The van der Waals surface area contributed by atoms with E-state index < -0.39 is 17.9 Å². The van der Waals surface area contributed by atoms with Gasteiger partial charge in [0.05, 0.1) is 10.6 Å². The number of ether oxygens (including phenoxy) is 2. The Hall–Kier alpha value is -2.87. The van der Waals surface area contributed by atoms with Gasteiger partial charge in [0.1, 0.15) is 5.92 Å². The van der Waals surface area contributed by atoms with Gasteiger partial charge in [-0.2, -0.15) is 0 Å². The number of carbonyl (C=O) groups excluding carboxylic acids is 3. The van der Waals surface area contributed by atoms with Gasteiger partial charge in [0.2, 0.25) is 6.79 Å². The van der Waals surface area contributed by atoms with Gasteiger partial charge in [-0.3, -0.25) is 9.59 Å². The number of nitrogens with two attached hydrogens (primary N) is 1. The number of nitrogens with zero attached hydrogens (tertiary/aromatic N) is 1. The number of thiophene rings is 1. The Balaban J connectivity index is 1.88. The highest BCUT2D eigenvalue weighted by Gasteiger charge is 2.45. The third-order valence-electron chi connectivity index (χ3n) is 3.79. The highest BCUT2D eigenvalue weighted by atomic mass is 32.1. The fourth-order valence-corrected chi connectivity index (χ4v) is 3.49. The van der Waals surface area contributed by atoms with E-state index in [2.05, 4.69) is 0 Å². The van der Waals surface area contributed by atoms with E-state index in [1.54, 1.807) is 23.6 Å². The molecule has 2 aliphatic rings. The van der Waals surface area contributed by atoms with Crippen LogP contribution in [0.5, 0.6) is 11.5 Å². The number of urea groups is 1. The lowest BCUT2D eigenvalue weighted by atomic mass is 9.95. The minimum absolute atomic E-state index is 0.0479. The molecule has 2 N–H and O–H groups in total. The number of ketones is 1. The van der Waals surface area contributed by atoms with Crippen LogP contribution in [-0.4, -0.2) is 24.5 Å². The van der Waals surface area contributed by atoms with E-state index in [1.807, 2.05) is 0 Å². The number of hydrogen-bond acceptors (Lipinski definition) is 6. The number of anilines is 1. The number of rotatable bonds is 2. The number of Topliss-reactive ketones (excluding diaryl/α,β-unsaturated/α-hetero) is 1. The number of fused-ring (bicyclic) bond motifs is 2. The minimum atomic E-state index is -1.11. The first-order valence-corrected chi connectivity index (χ1v) is 7.60. The number of hydrogen-bond donors (Lipinski definition) is 1. The summed E-state index contributed by atoms with van der Waals surface area (Å²) in [5.41, 5.74) is 5.98. The Labute approximate surface area is 134 Å². The molecule has 2 aliphatic heterocycles. The molecule has 0 fully saturated rings. The Bertz CT molecular complexity index is 846. The average molecular weight is 330 g/mol. The summed E-state index contributed by atoms with van der Waals surface area (Å²) in [5.74, 6) is -1.28. The van der Waals surface area contributed by atoms with Crippen molar-refractivity contribution >= 4 is 34.7 Å².